The van der Waals surface area contributed by atoms with Crippen LogP contribution >= 0.6 is 0 Å². The molecule has 0 radical (unpaired) electrons. The van der Waals surface area contributed by atoms with Gasteiger partial charge in [-0.1, -0.05) is 36.4 Å². The molecule has 2 atom stereocenters. The molecule has 2 aromatic rings. The number of benzene rings is 2. The second kappa shape index (κ2) is 9.85. The fraction of sp³-hybridized carbons (Fsp3) is 0.435. The standard InChI is InChI=1S/C23H30FN3O2/c1-17-13-27(14-18(2)29-17)16-20-9-7-19(8-10-20)12-25-23(28)26(3)15-21-5-4-6-22(24)11-21/h4-11,17-18H,12-16H2,1-3H3,(H,25,28). The minimum Gasteiger partial charge on any atom is -0.373 e. The van der Waals surface area contributed by atoms with Gasteiger partial charge >= 0.3 is 6.03 Å². The number of morpholine rings is 1. The van der Waals surface area contributed by atoms with Crippen molar-refractivity contribution in [2.75, 3.05) is 20.1 Å². The maximum Gasteiger partial charge on any atom is 0.317 e. The number of carbonyl (C=O) groups is 1. The van der Waals surface area contributed by atoms with Crippen molar-refractivity contribution >= 4 is 6.03 Å². The largest absolute Gasteiger partial charge is 0.373 e. The Morgan fingerprint density at radius 1 is 1.10 bits per heavy atom. The zero-order chi connectivity index (χ0) is 20.8. The van der Waals surface area contributed by atoms with Crippen LogP contribution in [0.25, 0.3) is 0 Å². The van der Waals surface area contributed by atoms with Crippen LogP contribution in [0, 0.1) is 5.82 Å². The quantitative estimate of drug-likeness (QED) is 0.804. The monoisotopic (exact) mass is 399 g/mol. The Hall–Kier alpha value is -2.44. The first kappa shape index (κ1) is 21.3. The topological polar surface area (TPSA) is 44.8 Å². The second-order valence-electron chi connectivity index (χ2n) is 7.91. The van der Waals surface area contributed by atoms with Crippen LogP contribution in [-0.4, -0.2) is 48.2 Å². The molecule has 0 bridgehead atoms. The summed E-state index contributed by atoms with van der Waals surface area (Å²) in [6, 6.07) is 14.4. The van der Waals surface area contributed by atoms with E-state index in [4.69, 9.17) is 4.74 Å². The van der Waals surface area contributed by atoms with Crippen molar-refractivity contribution in [1.82, 2.24) is 15.1 Å². The normalized spacial score (nSPS) is 19.7. The molecule has 1 aliphatic heterocycles. The van der Waals surface area contributed by atoms with Crippen LogP contribution in [0.5, 0.6) is 0 Å². The highest BCUT2D eigenvalue weighted by Crippen LogP contribution is 2.15. The predicted octanol–water partition coefficient (Wildman–Crippen LogP) is 3.78. The first-order valence-electron chi connectivity index (χ1n) is 10.1. The molecule has 29 heavy (non-hydrogen) atoms. The third kappa shape index (κ3) is 6.54. The molecule has 0 aromatic heterocycles. The number of hydrogen-bond donors (Lipinski definition) is 1. The number of carbonyl (C=O) groups excluding carboxylic acids is 1. The Balaban J connectivity index is 1.46. The summed E-state index contributed by atoms with van der Waals surface area (Å²) in [6.45, 7) is 7.83. The van der Waals surface area contributed by atoms with Crippen molar-refractivity contribution in [2.45, 2.75) is 45.7 Å². The van der Waals surface area contributed by atoms with E-state index in [0.29, 0.717) is 13.1 Å². The lowest BCUT2D eigenvalue weighted by Crippen LogP contribution is -2.44. The summed E-state index contributed by atoms with van der Waals surface area (Å²) in [4.78, 5) is 16.3. The van der Waals surface area contributed by atoms with Crippen LogP contribution in [0.15, 0.2) is 48.5 Å². The Morgan fingerprint density at radius 3 is 2.41 bits per heavy atom. The number of nitrogens with zero attached hydrogens (tertiary/aromatic N) is 2. The summed E-state index contributed by atoms with van der Waals surface area (Å²) < 4.78 is 19.1. The van der Waals surface area contributed by atoms with Crippen molar-refractivity contribution < 1.29 is 13.9 Å². The molecule has 2 amide bonds. The molecule has 1 saturated heterocycles. The fourth-order valence-corrected chi connectivity index (χ4v) is 3.73. The molecule has 0 saturated carbocycles. The van der Waals surface area contributed by atoms with E-state index in [1.54, 1.807) is 18.0 Å². The van der Waals surface area contributed by atoms with Crippen molar-refractivity contribution in [3.63, 3.8) is 0 Å². The van der Waals surface area contributed by atoms with Crippen molar-refractivity contribution in [1.29, 1.82) is 0 Å². The summed E-state index contributed by atoms with van der Waals surface area (Å²) in [6.07, 6.45) is 0.523. The average Bonchev–Trinajstić information content (AvgIpc) is 2.66. The molecule has 1 heterocycles. The predicted molar refractivity (Wildman–Crippen MR) is 112 cm³/mol. The van der Waals surface area contributed by atoms with E-state index >= 15 is 0 Å². The molecular formula is C23H30FN3O2. The highest BCUT2D eigenvalue weighted by atomic mass is 19.1. The number of rotatable bonds is 6. The van der Waals surface area contributed by atoms with Gasteiger partial charge in [0.05, 0.1) is 12.2 Å². The summed E-state index contributed by atoms with van der Waals surface area (Å²) in [5, 5.41) is 2.91. The highest BCUT2D eigenvalue weighted by Gasteiger charge is 2.21. The minimum absolute atomic E-state index is 0.186. The molecule has 1 aliphatic rings. The maximum atomic E-state index is 13.3. The van der Waals surface area contributed by atoms with E-state index in [2.05, 4.69) is 48.3 Å². The van der Waals surface area contributed by atoms with Crippen LogP contribution in [0.3, 0.4) is 0 Å². The van der Waals surface area contributed by atoms with Gasteiger partial charge in [0.15, 0.2) is 0 Å². The Bertz CT molecular complexity index is 802. The summed E-state index contributed by atoms with van der Waals surface area (Å²) in [7, 11) is 1.70. The molecular weight excluding hydrogens is 369 g/mol. The summed E-state index contributed by atoms with van der Waals surface area (Å²) >= 11 is 0. The number of hydrogen-bond acceptors (Lipinski definition) is 3. The second-order valence-corrected chi connectivity index (χ2v) is 7.91. The molecule has 156 valence electrons. The van der Waals surface area contributed by atoms with Crippen LogP contribution in [0.2, 0.25) is 0 Å². The molecule has 3 rings (SSSR count). The van der Waals surface area contributed by atoms with Gasteiger partial charge in [-0.15, -0.1) is 0 Å². The molecule has 2 aromatic carbocycles. The zero-order valence-electron chi connectivity index (χ0n) is 17.4. The number of halogens is 1. The van der Waals surface area contributed by atoms with E-state index < -0.39 is 0 Å². The number of urea groups is 1. The maximum absolute atomic E-state index is 13.3. The average molecular weight is 400 g/mol. The van der Waals surface area contributed by atoms with Crippen LogP contribution in [-0.2, 0) is 24.4 Å². The van der Waals surface area contributed by atoms with Gasteiger partial charge in [-0.25, -0.2) is 9.18 Å². The molecule has 6 heteroatoms. The van der Waals surface area contributed by atoms with Crippen LogP contribution < -0.4 is 5.32 Å². The number of ether oxygens (including phenoxy) is 1. The van der Waals surface area contributed by atoms with E-state index in [1.807, 2.05) is 6.07 Å². The molecule has 5 nitrogen and oxygen atoms in total. The SMILES string of the molecule is CC1CN(Cc2ccc(CNC(=O)N(C)Cc3cccc(F)c3)cc2)CC(C)O1. The van der Waals surface area contributed by atoms with E-state index in [-0.39, 0.29) is 24.1 Å². The van der Waals surface area contributed by atoms with Crippen molar-refractivity contribution in [3.8, 4) is 0 Å². The van der Waals surface area contributed by atoms with Gasteiger partial charge in [0, 0.05) is 39.8 Å². The lowest BCUT2D eigenvalue weighted by atomic mass is 10.1. The van der Waals surface area contributed by atoms with Crippen LogP contribution in [0.4, 0.5) is 9.18 Å². The molecule has 0 spiro atoms. The van der Waals surface area contributed by atoms with Gasteiger partial charge in [0.2, 0.25) is 0 Å². The Morgan fingerprint density at radius 2 is 1.76 bits per heavy atom. The van der Waals surface area contributed by atoms with Crippen molar-refractivity contribution in [3.05, 3.63) is 71.0 Å². The third-order valence-electron chi connectivity index (χ3n) is 5.02. The fourth-order valence-electron chi connectivity index (χ4n) is 3.73. The van der Waals surface area contributed by atoms with E-state index in [0.717, 1.165) is 30.8 Å². The Labute approximate surface area is 172 Å². The van der Waals surface area contributed by atoms with E-state index in [1.165, 1.54) is 17.7 Å². The van der Waals surface area contributed by atoms with Gasteiger partial charge in [-0.05, 0) is 42.7 Å². The lowest BCUT2D eigenvalue weighted by molar-refractivity contribution is -0.0704. The third-order valence-corrected chi connectivity index (χ3v) is 5.02. The first-order chi connectivity index (χ1) is 13.9. The first-order valence-corrected chi connectivity index (χ1v) is 10.1. The van der Waals surface area contributed by atoms with Gasteiger partial charge in [0.1, 0.15) is 5.82 Å². The van der Waals surface area contributed by atoms with Gasteiger partial charge < -0.3 is 15.0 Å². The lowest BCUT2D eigenvalue weighted by Gasteiger charge is -2.35. The number of nitrogens with one attached hydrogen (secondary N) is 1. The molecule has 1 fully saturated rings. The van der Waals surface area contributed by atoms with Gasteiger partial charge in [0.25, 0.3) is 0 Å². The van der Waals surface area contributed by atoms with Gasteiger partial charge in [-0.2, -0.15) is 0 Å². The smallest absolute Gasteiger partial charge is 0.317 e. The number of amides is 2. The minimum atomic E-state index is -0.294. The van der Waals surface area contributed by atoms with Crippen molar-refractivity contribution in [2.24, 2.45) is 0 Å². The molecule has 2 unspecified atom stereocenters. The van der Waals surface area contributed by atoms with E-state index in [9.17, 15) is 9.18 Å². The zero-order valence-corrected chi connectivity index (χ0v) is 17.4. The molecule has 1 N–H and O–H groups in total. The summed E-state index contributed by atoms with van der Waals surface area (Å²) in [5.74, 6) is -0.294. The van der Waals surface area contributed by atoms with Crippen LogP contribution in [0.1, 0.15) is 30.5 Å². The summed E-state index contributed by atoms with van der Waals surface area (Å²) in [5.41, 5.74) is 3.06. The molecule has 0 aliphatic carbocycles. The Kier molecular flexibility index (Phi) is 7.23. The van der Waals surface area contributed by atoms with Gasteiger partial charge in [-0.3, -0.25) is 4.90 Å². The highest BCUT2D eigenvalue weighted by molar-refractivity contribution is 5.73.